The van der Waals surface area contributed by atoms with Crippen molar-refractivity contribution in [2.45, 2.75) is 25.3 Å². The van der Waals surface area contributed by atoms with Gasteiger partial charge < -0.3 is 10.6 Å². The fourth-order valence-corrected chi connectivity index (χ4v) is 3.38. The van der Waals surface area contributed by atoms with E-state index >= 15 is 0 Å². The smallest absolute Gasteiger partial charge is 0.256 e. The second-order valence-electron chi connectivity index (χ2n) is 7.65. The van der Waals surface area contributed by atoms with Crippen LogP contribution in [-0.4, -0.2) is 38.4 Å². The topological polar surface area (TPSA) is 141 Å². The van der Waals surface area contributed by atoms with Crippen LogP contribution in [-0.2, 0) is 9.59 Å². The van der Waals surface area contributed by atoms with Crippen LogP contribution in [0.4, 0.5) is 11.6 Å². The zero-order chi connectivity index (χ0) is 22.2. The molecule has 3 N–H and O–H groups in total. The van der Waals surface area contributed by atoms with Gasteiger partial charge in [-0.05, 0) is 43.2 Å². The maximum absolute atomic E-state index is 12.7. The number of imide groups is 1. The lowest BCUT2D eigenvalue weighted by Crippen LogP contribution is -2.19. The first-order valence-corrected chi connectivity index (χ1v) is 10.0. The van der Waals surface area contributed by atoms with Crippen molar-refractivity contribution >= 4 is 41.1 Å². The third-order valence-corrected chi connectivity index (χ3v) is 5.17. The number of carbonyl (C=O) groups excluding carboxylic acids is 3. The Kier molecular flexibility index (Phi) is 4.63. The molecule has 10 nitrogen and oxygen atoms in total. The molecule has 0 atom stereocenters. The van der Waals surface area contributed by atoms with Crippen molar-refractivity contribution in [2.75, 3.05) is 10.6 Å². The normalized spacial score (nSPS) is 16.8. The van der Waals surface area contributed by atoms with Crippen molar-refractivity contribution < 1.29 is 14.4 Å². The van der Waals surface area contributed by atoms with Crippen molar-refractivity contribution in [1.29, 1.82) is 5.26 Å². The van der Waals surface area contributed by atoms with Crippen LogP contribution < -0.4 is 16.0 Å². The number of amides is 3. The molecule has 0 bridgehead atoms. The maximum atomic E-state index is 12.7. The summed E-state index contributed by atoms with van der Waals surface area (Å²) in [6.45, 7) is 0. The Labute approximate surface area is 181 Å². The van der Waals surface area contributed by atoms with Gasteiger partial charge in [0, 0.05) is 28.8 Å². The van der Waals surface area contributed by atoms with Gasteiger partial charge in [0.2, 0.25) is 5.91 Å². The van der Waals surface area contributed by atoms with Gasteiger partial charge in [0.1, 0.15) is 11.6 Å². The number of fused-ring (bicyclic) bond motifs is 1. The van der Waals surface area contributed by atoms with Gasteiger partial charge in [-0.1, -0.05) is 0 Å². The van der Waals surface area contributed by atoms with Gasteiger partial charge in [0.05, 0.1) is 24.3 Å². The first-order valence-electron chi connectivity index (χ1n) is 10.0. The molecule has 10 heteroatoms. The highest BCUT2D eigenvalue weighted by Crippen LogP contribution is 2.28. The Balaban J connectivity index is 1.51. The second-order valence-corrected chi connectivity index (χ2v) is 7.65. The van der Waals surface area contributed by atoms with Gasteiger partial charge in [-0.25, -0.2) is 4.98 Å². The Morgan fingerprint density at radius 2 is 2.03 bits per heavy atom. The summed E-state index contributed by atoms with van der Waals surface area (Å²) >= 11 is 0. The minimum atomic E-state index is -0.434. The SMILES string of the molecule is N#Cc1ccc(C(=O)Nc2cc(NC3CC3)n3ncc(/C=C4\CC(=O)NC4=O)c3n2)cc1. The lowest BCUT2D eigenvalue weighted by Gasteiger charge is -2.11. The van der Waals surface area contributed by atoms with Crippen LogP contribution in [0.1, 0.15) is 40.7 Å². The average Bonchev–Trinajstić information content (AvgIpc) is 3.42. The molecule has 1 saturated heterocycles. The van der Waals surface area contributed by atoms with Gasteiger partial charge in [-0.3, -0.25) is 19.7 Å². The molecule has 0 radical (unpaired) electrons. The van der Waals surface area contributed by atoms with Gasteiger partial charge >= 0.3 is 0 Å². The molecule has 0 spiro atoms. The van der Waals surface area contributed by atoms with E-state index in [4.69, 9.17) is 5.26 Å². The number of nitrogens with one attached hydrogen (secondary N) is 3. The molecule has 1 saturated carbocycles. The minimum absolute atomic E-state index is 0.00151. The minimum Gasteiger partial charge on any atom is -0.367 e. The lowest BCUT2D eigenvalue weighted by molar-refractivity contribution is -0.124. The van der Waals surface area contributed by atoms with Crippen LogP contribution in [0, 0.1) is 11.3 Å². The van der Waals surface area contributed by atoms with Crippen molar-refractivity contribution in [3.05, 3.63) is 58.8 Å². The number of nitriles is 1. The lowest BCUT2D eigenvalue weighted by atomic mass is 10.1. The number of hydrogen-bond acceptors (Lipinski definition) is 7. The predicted octanol–water partition coefficient (Wildman–Crippen LogP) is 1.86. The molecule has 0 unspecified atom stereocenters. The number of aromatic nitrogens is 3. The summed E-state index contributed by atoms with van der Waals surface area (Å²) in [7, 11) is 0. The first-order chi connectivity index (χ1) is 15.5. The largest absolute Gasteiger partial charge is 0.367 e. The Hall–Kier alpha value is -4.52. The summed E-state index contributed by atoms with van der Waals surface area (Å²) in [5, 5.41) is 21.7. The summed E-state index contributed by atoms with van der Waals surface area (Å²) in [5.74, 6) is -0.191. The molecule has 2 aromatic heterocycles. The van der Waals surface area contributed by atoms with Gasteiger partial charge in [-0.15, -0.1) is 0 Å². The van der Waals surface area contributed by atoms with E-state index < -0.39 is 5.91 Å². The summed E-state index contributed by atoms with van der Waals surface area (Å²) in [6, 6.07) is 10.3. The molecule has 2 aliphatic rings. The molecular weight excluding hydrogens is 410 g/mol. The number of nitrogens with zero attached hydrogens (tertiary/aromatic N) is 4. The Bertz CT molecular complexity index is 1340. The highest BCUT2D eigenvalue weighted by molar-refractivity contribution is 6.15. The summed E-state index contributed by atoms with van der Waals surface area (Å²) < 4.78 is 1.61. The monoisotopic (exact) mass is 427 g/mol. The highest BCUT2D eigenvalue weighted by atomic mass is 16.2. The highest BCUT2D eigenvalue weighted by Gasteiger charge is 2.26. The van der Waals surface area contributed by atoms with Crippen molar-refractivity contribution in [2.24, 2.45) is 0 Å². The molecule has 5 rings (SSSR count). The van der Waals surface area contributed by atoms with Crippen LogP contribution in [0.15, 0.2) is 42.1 Å². The number of carbonyl (C=O) groups is 3. The van der Waals surface area contributed by atoms with E-state index in [2.05, 4.69) is 26.0 Å². The molecule has 158 valence electrons. The van der Waals surface area contributed by atoms with E-state index in [0.717, 1.165) is 12.8 Å². The van der Waals surface area contributed by atoms with Crippen molar-refractivity contribution in [3.8, 4) is 6.07 Å². The number of anilines is 2. The van der Waals surface area contributed by atoms with E-state index in [1.807, 2.05) is 6.07 Å². The number of benzene rings is 1. The zero-order valence-corrected chi connectivity index (χ0v) is 16.8. The van der Waals surface area contributed by atoms with Crippen LogP contribution in [0.3, 0.4) is 0 Å². The van der Waals surface area contributed by atoms with E-state index in [0.29, 0.717) is 45.6 Å². The second kappa shape index (κ2) is 7.63. The molecule has 32 heavy (non-hydrogen) atoms. The van der Waals surface area contributed by atoms with Crippen molar-refractivity contribution in [3.63, 3.8) is 0 Å². The number of rotatable bonds is 5. The summed E-state index contributed by atoms with van der Waals surface area (Å²) in [5.41, 5.74) is 2.17. The summed E-state index contributed by atoms with van der Waals surface area (Å²) in [6.07, 6.45) is 5.23. The molecule has 3 aromatic rings. The third-order valence-electron chi connectivity index (χ3n) is 5.17. The van der Waals surface area contributed by atoms with Crippen LogP contribution in [0.2, 0.25) is 0 Å². The predicted molar refractivity (Wildman–Crippen MR) is 114 cm³/mol. The average molecular weight is 427 g/mol. The third kappa shape index (κ3) is 3.79. The molecule has 1 aliphatic carbocycles. The van der Waals surface area contributed by atoms with E-state index in [9.17, 15) is 14.4 Å². The quantitative estimate of drug-likeness (QED) is 0.417. The summed E-state index contributed by atoms with van der Waals surface area (Å²) in [4.78, 5) is 40.7. The molecular formula is C22H17N7O3. The fourth-order valence-electron chi connectivity index (χ4n) is 3.38. The molecule has 1 aromatic carbocycles. The number of hydrogen-bond donors (Lipinski definition) is 3. The zero-order valence-electron chi connectivity index (χ0n) is 16.8. The molecule has 1 aliphatic heterocycles. The van der Waals surface area contributed by atoms with E-state index in [1.54, 1.807) is 47.1 Å². The van der Waals surface area contributed by atoms with E-state index in [1.165, 1.54) is 0 Å². The maximum Gasteiger partial charge on any atom is 0.256 e. The standard InChI is InChI=1S/C22H17N7O3/c23-10-12-1-3-13(4-2-12)21(31)27-17-9-18(25-16-5-6-16)29-20(26-17)15(11-24-29)7-14-8-19(30)28-22(14)32/h1-4,7,9,11,16,25H,5-6,8H2,(H,26,27,31)(H,28,30,32)/b14-7+. The van der Waals surface area contributed by atoms with Crippen molar-refractivity contribution in [1.82, 2.24) is 19.9 Å². The van der Waals surface area contributed by atoms with Crippen LogP contribution in [0.5, 0.6) is 0 Å². The van der Waals surface area contributed by atoms with Crippen LogP contribution >= 0.6 is 0 Å². The molecule has 3 amide bonds. The van der Waals surface area contributed by atoms with Crippen LogP contribution in [0.25, 0.3) is 11.7 Å². The Morgan fingerprint density at radius 1 is 1.25 bits per heavy atom. The fraction of sp³-hybridized carbons (Fsp3) is 0.182. The van der Waals surface area contributed by atoms with E-state index in [-0.39, 0.29) is 18.2 Å². The first kappa shape index (κ1) is 19.4. The van der Waals surface area contributed by atoms with Gasteiger partial charge in [0.15, 0.2) is 5.65 Å². The van der Waals surface area contributed by atoms with Gasteiger partial charge in [-0.2, -0.15) is 14.9 Å². The molecule has 2 fully saturated rings. The Morgan fingerprint density at radius 3 is 2.69 bits per heavy atom. The van der Waals surface area contributed by atoms with Gasteiger partial charge in [0.25, 0.3) is 11.8 Å². The molecule has 3 heterocycles.